The molecule has 2 aromatic carbocycles. The number of esters is 1. The van der Waals surface area contributed by atoms with E-state index in [1.54, 1.807) is 25.1 Å². The van der Waals surface area contributed by atoms with E-state index < -0.39 is 27.5 Å². The molecular formula is C17H18N2O6S. The molecule has 0 saturated carbocycles. The van der Waals surface area contributed by atoms with Gasteiger partial charge >= 0.3 is 5.97 Å². The number of benzene rings is 2. The van der Waals surface area contributed by atoms with Crippen LogP contribution in [0.25, 0.3) is 0 Å². The molecule has 0 unspecified atom stereocenters. The summed E-state index contributed by atoms with van der Waals surface area (Å²) in [7, 11) is -2.96. The number of sulfonamides is 1. The van der Waals surface area contributed by atoms with E-state index in [1.165, 1.54) is 7.11 Å². The number of aryl methyl sites for hydroxylation is 2. The first kappa shape index (κ1) is 19.4. The summed E-state index contributed by atoms with van der Waals surface area (Å²) in [5.41, 5.74) is 1.71. The van der Waals surface area contributed by atoms with Gasteiger partial charge < -0.3 is 4.74 Å². The Morgan fingerprint density at radius 3 is 2.27 bits per heavy atom. The fraction of sp³-hybridized carbons (Fsp3) is 0.235. The number of nitro groups is 1. The summed E-state index contributed by atoms with van der Waals surface area (Å²) >= 11 is 0. The first-order valence-corrected chi connectivity index (χ1v) is 9.02. The minimum atomic E-state index is -4.13. The van der Waals surface area contributed by atoms with Crippen LogP contribution in [0.5, 0.6) is 0 Å². The lowest BCUT2D eigenvalue weighted by molar-refractivity contribution is -0.384. The second kappa shape index (κ2) is 7.52. The Balaban J connectivity index is 2.55. The van der Waals surface area contributed by atoms with Gasteiger partial charge in [-0.15, -0.1) is 0 Å². The highest BCUT2D eigenvalue weighted by Gasteiger charge is 2.29. The maximum absolute atomic E-state index is 13.1. The van der Waals surface area contributed by atoms with Gasteiger partial charge in [0.05, 0.1) is 22.6 Å². The molecular weight excluding hydrogens is 360 g/mol. The Hall–Kier alpha value is -2.94. The molecule has 0 N–H and O–H groups in total. The van der Waals surface area contributed by atoms with Gasteiger partial charge in [0.25, 0.3) is 15.7 Å². The van der Waals surface area contributed by atoms with Gasteiger partial charge in [0.15, 0.2) is 0 Å². The van der Waals surface area contributed by atoms with Gasteiger partial charge in [0, 0.05) is 12.1 Å². The van der Waals surface area contributed by atoms with Crippen molar-refractivity contribution in [3.05, 3.63) is 63.7 Å². The summed E-state index contributed by atoms with van der Waals surface area (Å²) in [5, 5.41) is 10.8. The van der Waals surface area contributed by atoms with Crippen molar-refractivity contribution in [3.8, 4) is 0 Å². The molecule has 0 atom stereocenters. The van der Waals surface area contributed by atoms with E-state index in [0.717, 1.165) is 34.1 Å². The molecule has 0 aliphatic carbocycles. The van der Waals surface area contributed by atoms with E-state index in [-0.39, 0.29) is 10.6 Å². The zero-order valence-electron chi connectivity index (χ0n) is 14.5. The third-order valence-corrected chi connectivity index (χ3v) is 5.53. The lowest BCUT2D eigenvalue weighted by atomic mass is 10.1. The van der Waals surface area contributed by atoms with Crippen molar-refractivity contribution in [2.75, 3.05) is 18.0 Å². The van der Waals surface area contributed by atoms with E-state index in [9.17, 15) is 23.3 Å². The Bertz CT molecular complexity index is 938. The summed E-state index contributed by atoms with van der Waals surface area (Å²) in [5.74, 6) is -0.726. The molecule has 0 aliphatic rings. The number of carbonyl (C=O) groups is 1. The number of anilines is 1. The van der Waals surface area contributed by atoms with Gasteiger partial charge in [0.2, 0.25) is 0 Å². The van der Waals surface area contributed by atoms with Crippen LogP contribution in [0.3, 0.4) is 0 Å². The number of non-ortho nitro benzene ring substituents is 1. The molecule has 8 nitrogen and oxygen atoms in total. The van der Waals surface area contributed by atoms with E-state index in [4.69, 9.17) is 0 Å². The van der Waals surface area contributed by atoms with Crippen LogP contribution in [0.1, 0.15) is 11.1 Å². The molecule has 0 heterocycles. The molecule has 0 spiro atoms. The molecule has 9 heteroatoms. The van der Waals surface area contributed by atoms with Crippen LogP contribution in [-0.4, -0.2) is 33.0 Å². The summed E-state index contributed by atoms with van der Waals surface area (Å²) in [6.45, 7) is 3.09. The second-order valence-electron chi connectivity index (χ2n) is 5.63. The zero-order valence-corrected chi connectivity index (χ0v) is 15.3. The smallest absolute Gasteiger partial charge is 0.326 e. The van der Waals surface area contributed by atoms with Crippen LogP contribution in [0.15, 0.2) is 47.4 Å². The molecule has 0 aliphatic heterocycles. The number of hydrogen-bond donors (Lipinski definition) is 0. The Morgan fingerprint density at radius 2 is 1.77 bits per heavy atom. The largest absolute Gasteiger partial charge is 0.468 e. The summed E-state index contributed by atoms with van der Waals surface area (Å²) in [4.78, 5) is 21.8. The molecule has 2 rings (SSSR count). The maximum atomic E-state index is 13.1. The minimum Gasteiger partial charge on any atom is -0.468 e. The highest BCUT2D eigenvalue weighted by atomic mass is 32.2. The number of carbonyl (C=O) groups excluding carboxylic acids is 1. The third-order valence-electron chi connectivity index (χ3n) is 3.76. The van der Waals surface area contributed by atoms with Crippen molar-refractivity contribution < 1.29 is 22.9 Å². The van der Waals surface area contributed by atoms with Crippen molar-refractivity contribution in [2.24, 2.45) is 0 Å². The molecule has 0 aromatic heterocycles. The van der Waals surface area contributed by atoms with Crippen LogP contribution in [0, 0.1) is 24.0 Å². The maximum Gasteiger partial charge on any atom is 0.326 e. The predicted octanol–water partition coefficient (Wildman–Crippen LogP) is 2.58. The average Bonchev–Trinajstić information content (AvgIpc) is 2.60. The number of hydrogen-bond acceptors (Lipinski definition) is 6. The Labute approximate surface area is 151 Å². The van der Waals surface area contributed by atoms with Crippen LogP contribution in [0.2, 0.25) is 0 Å². The monoisotopic (exact) mass is 378 g/mol. The van der Waals surface area contributed by atoms with Gasteiger partial charge in [0.1, 0.15) is 6.54 Å². The molecule has 0 saturated heterocycles. The van der Waals surface area contributed by atoms with Gasteiger partial charge in [-0.2, -0.15) is 0 Å². The molecule has 0 fully saturated rings. The highest BCUT2D eigenvalue weighted by molar-refractivity contribution is 7.92. The Kier molecular flexibility index (Phi) is 5.61. The topological polar surface area (TPSA) is 107 Å². The number of methoxy groups -OCH3 is 1. The van der Waals surface area contributed by atoms with Crippen molar-refractivity contribution in [3.63, 3.8) is 0 Å². The summed E-state index contributed by atoms with van der Waals surface area (Å²) in [6.07, 6.45) is 0. The van der Waals surface area contributed by atoms with Gasteiger partial charge in [-0.1, -0.05) is 17.7 Å². The van der Waals surface area contributed by atoms with Crippen LogP contribution in [0.4, 0.5) is 11.4 Å². The number of nitro benzene ring substituents is 1. The minimum absolute atomic E-state index is 0.160. The molecule has 0 bridgehead atoms. The Morgan fingerprint density at radius 1 is 1.15 bits per heavy atom. The molecule has 0 amide bonds. The van der Waals surface area contributed by atoms with E-state index in [1.807, 2.05) is 6.92 Å². The summed E-state index contributed by atoms with van der Waals surface area (Å²) in [6, 6.07) is 9.62. The fourth-order valence-electron chi connectivity index (χ4n) is 2.43. The molecule has 0 radical (unpaired) electrons. The lowest BCUT2D eigenvalue weighted by Crippen LogP contribution is -2.36. The predicted molar refractivity (Wildman–Crippen MR) is 95.6 cm³/mol. The van der Waals surface area contributed by atoms with Crippen LogP contribution < -0.4 is 4.31 Å². The lowest BCUT2D eigenvalue weighted by Gasteiger charge is -2.25. The zero-order chi connectivity index (χ0) is 19.5. The number of rotatable bonds is 6. The van der Waals surface area contributed by atoms with E-state index in [0.29, 0.717) is 11.3 Å². The SMILES string of the molecule is COC(=O)CN(c1ccc(C)cc1C)S(=O)(=O)c1ccc([N+](=O)[O-])cc1. The van der Waals surface area contributed by atoms with Crippen molar-refractivity contribution in [1.82, 2.24) is 0 Å². The van der Waals surface area contributed by atoms with Gasteiger partial charge in [-0.3, -0.25) is 19.2 Å². The fourth-order valence-corrected chi connectivity index (χ4v) is 3.91. The molecule has 2 aromatic rings. The van der Waals surface area contributed by atoms with Gasteiger partial charge in [-0.05, 0) is 37.6 Å². The number of ether oxygens (including phenoxy) is 1. The molecule has 138 valence electrons. The molecule has 26 heavy (non-hydrogen) atoms. The summed E-state index contributed by atoms with van der Waals surface area (Å²) < 4.78 is 31.7. The number of nitrogens with zero attached hydrogens (tertiary/aromatic N) is 2. The first-order chi connectivity index (χ1) is 12.2. The third kappa shape index (κ3) is 3.99. The van der Waals surface area contributed by atoms with E-state index in [2.05, 4.69) is 4.74 Å². The van der Waals surface area contributed by atoms with Crippen molar-refractivity contribution in [1.29, 1.82) is 0 Å². The van der Waals surface area contributed by atoms with E-state index >= 15 is 0 Å². The highest BCUT2D eigenvalue weighted by Crippen LogP contribution is 2.28. The first-order valence-electron chi connectivity index (χ1n) is 7.58. The average molecular weight is 378 g/mol. The van der Waals surface area contributed by atoms with Crippen LogP contribution in [-0.2, 0) is 19.6 Å². The normalized spacial score (nSPS) is 11.0. The standard InChI is InChI=1S/C17H18N2O6S/c1-12-4-9-16(13(2)10-12)18(11-17(20)25-3)26(23,24)15-7-5-14(6-8-15)19(21)22/h4-10H,11H2,1-3H3. The van der Waals surface area contributed by atoms with Gasteiger partial charge in [-0.25, -0.2) is 8.42 Å². The van der Waals surface area contributed by atoms with Crippen LogP contribution >= 0.6 is 0 Å². The van der Waals surface area contributed by atoms with Crippen molar-refractivity contribution >= 4 is 27.4 Å². The quantitative estimate of drug-likeness (QED) is 0.434. The second-order valence-corrected chi connectivity index (χ2v) is 7.49. The van der Waals surface area contributed by atoms with Crippen molar-refractivity contribution in [2.45, 2.75) is 18.7 Å².